The lowest BCUT2D eigenvalue weighted by molar-refractivity contribution is -0.0923. The lowest BCUT2D eigenvalue weighted by Crippen LogP contribution is -2.10. The van der Waals surface area contributed by atoms with Gasteiger partial charge in [-0.25, -0.2) is 0 Å². The van der Waals surface area contributed by atoms with Crippen molar-refractivity contribution in [1.29, 1.82) is 0 Å². The van der Waals surface area contributed by atoms with E-state index in [1.165, 1.54) is 13.1 Å². The van der Waals surface area contributed by atoms with E-state index in [2.05, 4.69) is 4.99 Å². The molecule has 0 aliphatic rings. The van der Waals surface area contributed by atoms with E-state index in [1.54, 1.807) is 13.0 Å². The van der Waals surface area contributed by atoms with Gasteiger partial charge < -0.3 is 0 Å². The van der Waals surface area contributed by atoms with Crippen LogP contribution >= 0.6 is 0 Å². The van der Waals surface area contributed by atoms with Crippen LogP contribution < -0.4 is 0 Å². The Kier molecular flexibility index (Phi) is 5.33. The number of hydrogen-bond acceptors (Lipinski definition) is 1. The predicted octanol–water partition coefficient (Wildman–Crippen LogP) is 4.13. The van der Waals surface area contributed by atoms with Crippen LogP contribution in [0, 0.1) is 5.92 Å². The average Bonchev–Trinajstić information content (AvgIpc) is 2.09. The number of allylic oxidation sites excluding steroid dienone is 4. The molecule has 0 amide bonds. The molecule has 0 unspecified atom stereocenters. The third kappa shape index (κ3) is 4.81. The second kappa shape index (κ2) is 5.73. The van der Waals surface area contributed by atoms with Crippen molar-refractivity contribution in [2.75, 3.05) is 0 Å². The summed E-state index contributed by atoms with van der Waals surface area (Å²) in [7, 11) is 0. The molecule has 0 saturated heterocycles. The van der Waals surface area contributed by atoms with Crippen molar-refractivity contribution >= 4 is 6.21 Å². The van der Waals surface area contributed by atoms with Crippen LogP contribution in [-0.2, 0) is 0 Å². The van der Waals surface area contributed by atoms with Crippen molar-refractivity contribution in [1.82, 2.24) is 0 Å². The third-order valence-electron chi connectivity index (χ3n) is 1.92. The van der Waals surface area contributed by atoms with E-state index in [4.69, 9.17) is 0 Å². The summed E-state index contributed by atoms with van der Waals surface area (Å²) < 4.78 is 36.8. The maximum absolute atomic E-state index is 12.3. The zero-order valence-corrected chi connectivity index (χ0v) is 9.39. The second-order valence-electron chi connectivity index (χ2n) is 3.37. The molecule has 0 rings (SSSR count). The Bertz CT molecular complexity index is 283. The van der Waals surface area contributed by atoms with Crippen molar-refractivity contribution in [2.45, 2.75) is 33.9 Å². The summed E-state index contributed by atoms with van der Waals surface area (Å²) in [5, 5.41) is 0. The largest absolute Gasteiger partial charge is 0.433 e. The van der Waals surface area contributed by atoms with Gasteiger partial charge in [-0.15, -0.1) is 0 Å². The van der Waals surface area contributed by atoms with E-state index in [0.717, 1.165) is 11.6 Å². The lowest BCUT2D eigenvalue weighted by atomic mass is 10.0. The van der Waals surface area contributed by atoms with Gasteiger partial charge in [0.05, 0.1) is 0 Å². The van der Waals surface area contributed by atoms with Gasteiger partial charge in [0, 0.05) is 6.21 Å². The minimum atomic E-state index is -4.37. The molecular weight excluding hydrogens is 203 g/mol. The number of rotatable bonds is 3. The molecule has 4 heteroatoms. The summed E-state index contributed by atoms with van der Waals surface area (Å²) in [4.78, 5) is 3.45. The Labute approximate surface area is 88.4 Å². The molecule has 0 fully saturated rings. The van der Waals surface area contributed by atoms with Gasteiger partial charge in [0.2, 0.25) is 0 Å². The van der Waals surface area contributed by atoms with Crippen molar-refractivity contribution in [3.8, 4) is 0 Å². The number of halogens is 3. The monoisotopic (exact) mass is 219 g/mol. The Morgan fingerprint density at radius 2 is 1.67 bits per heavy atom. The Balaban J connectivity index is 4.79. The minimum absolute atomic E-state index is 0.171. The zero-order valence-electron chi connectivity index (χ0n) is 9.39. The molecule has 15 heavy (non-hydrogen) atoms. The molecule has 86 valence electrons. The van der Waals surface area contributed by atoms with Crippen LogP contribution in [0.2, 0.25) is 0 Å². The van der Waals surface area contributed by atoms with Gasteiger partial charge in [0.1, 0.15) is 5.70 Å². The minimum Gasteiger partial charge on any atom is -0.252 e. The van der Waals surface area contributed by atoms with E-state index >= 15 is 0 Å². The maximum Gasteiger partial charge on any atom is 0.433 e. The fraction of sp³-hybridized carbons (Fsp3) is 0.545. The molecule has 0 heterocycles. The molecule has 0 aromatic heterocycles. The number of alkyl halides is 3. The molecule has 0 spiro atoms. The van der Waals surface area contributed by atoms with Gasteiger partial charge in [-0.1, -0.05) is 26.0 Å². The summed E-state index contributed by atoms with van der Waals surface area (Å²) in [5.41, 5.74) is -0.0684. The van der Waals surface area contributed by atoms with Crippen LogP contribution in [0.15, 0.2) is 28.4 Å². The average molecular weight is 219 g/mol. The highest BCUT2D eigenvalue weighted by Crippen LogP contribution is 2.26. The second-order valence-corrected chi connectivity index (χ2v) is 3.37. The summed E-state index contributed by atoms with van der Waals surface area (Å²) >= 11 is 0. The van der Waals surface area contributed by atoms with Gasteiger partial charge in [0.15, 0.2) is 0 Å². The Morgan fingerprint density at radius 3 is 1.93 bits per heavy atom. The highest BCUT2D eigenvalue weighted by atomic mass is 19.4. The van der Waals surface area contributed by atoms with Gasteiger partial charge in [-0.3, -0.25) is 4.99 Å². The molecule has 0 N–H and O–H groups in total. The molecule has 0 aromatic carbocycles. The normalized spacial score (nSPS) is 15.5. The van der Waals surface area contributed by atoms with Crippen LogP contribution in [-0.4, -0.2) is 12.4 Å². The van der Waals surface area contributed by atoms with Gasteiger partial charge in [-0.05, 0) is 25.3 Å². The standard InChI is InChI=1S/C11H16F3N/c1-5-9(8(3)4)7-15-10(6-2)11(12,13)14/h5-8H,1-4H3/b9-5+,10-6?,15-7-. The fourth-order valence-electron chi connectivity index (χ4n) is 1.01. The molecule has 0 saturated carbocycles. The molecule has 0 aliphatic carbocycles. The van der Waals surface area contributed by atoms with Gasteiger partial charge in [-0.2, -0.15) is 13.2 Å². The molecule has 0 atom stereocenters. The molecular formula is C11H16F3N. The summed E-state index contributed by atoms with van der Waals surface area (Å²) in [5.74, 6) is 0.171. The van der Waals surface area contributed by atoms with E-state index < -0.39 is 11.9 Å². The first kappa shape index (κ1) is 13.9. The highest BCUT2D eigenvalue weighted by molar-refractivity contribution is 5.79. The molecule has 0 aromatic rings. The zero-order chi connectivity index (χ0) is 12.1. The van der Waals surface area contributed by atoms with Crippen LogP contribution in [0.4, 0.5) is 13.2 Å². The van der Waals surface area contributed by atoms with Crippen LogP contribution in [0.3, 0.4) is 0 Å². The van der Waals surface area contributed by atoms with E-state index in [-0.39, 0.29) is 5.92 Å². The summed E-state index contributed by atoms with van der Waals surface area (Å²) in [6.45, 7) is 6.92. The van der Waals surface area contributed by atoms with E-state index in [0.29, 0.717) is 0 Å². The van der Waals surface area contributed by atoms with Crippen molar-refractivity contribution in [3.63, 3.8) is 0 Å². The first-order chi connectivity index (χ1) is 6.82. The first-order valence-electron chi connectivity index (χ1n) is 4.76. The molecule has 0 bridgehead atoms. The molecule has 0 radical (unpaired) electrons. The predicted molar refractivity (Wildman–Crippen MR) is 56.9 cm³/mol. The fourth-order valence-corrected chi connectivity index (χ4v) is 1.01. The third-order valence-corrected chi connectivity index (χ3v) is 1.92. The highest BCUT2D eigenvalue weighted by Gasteiger charge is 2.32. The topological polar surface area (TPSA) is 12.4 Å². The Morgan fingerprint density at radius 1 is 1.13 bits per heavy atom. The smallest absolute Gasteiger partial charge is 0.252 e. The van der Waals surface area contributed by atoms with Crippen molar-refractivity contribution < 1.29 is 13.2 Å². The van der Waals surface area contributed by atoms with Crippen LogP contribution in [0.25, 0.3) is 0 Å². The SMILES string of the molecule is CC=C(/N=C\C(=C/C)C(C)C)C(F)(F)F. The lowest BCUT2D eigenvalue weighted by Gasteiger charge is -2.08. The summed E-state index contributed by atoms with van der Waals surface area (Å²) in [6.07, 6.45) is -0.378. The number of hydrogen-bond donors (Lipinski definition) is 0. The van der Waals surface area contributed by atoms with Crippen molar-refractivity contribution in [2.24, 2.45) is 10.9 Å². The van der Waals surface area contributed by atoms with Crippen LogP contribution in [0.5, 0.6) is 0 Å². The molecule has 0 aliphatic heterocycles. The van der Waals surface area contributed by atoms with Gasteiger partial charge >= 0.3 is 6.18 Å². The quantitative estimate of drug-likeness (QED) is 0.633. The van der Waals surface area contributed by atoms with E-state index in [1.807, 2.05) is 13.8 Å². The van der Waals surface area contributed by atoms with Crippen LogP contribution in [0.1, 0.15) is 27.7 Å². The maximum atomic E-state index is 12.3. The van der Waals surface area contributed by atoms with Crippen molar-refractivity contribution in [3.05, 3.63) is 23.4 Å². The Hall–Kier alpha value is -1.06. The van der Waals surface area contributed by atoms with Gasteiger partial charge in [0.25, 0.3) is 0 Å². The first-order valence-corrected chi connectivity index (χ1v) is 4.76. The molecule has 1 nitrogen and oxygen atoms in total. The number of aliphatic imine (C=N–C) groups is 1. The summed E-state index contributed by atoms with van der Waals surface area (Å²) in [6, 6.07) is 0. The number of nitrogens with zero attached hydrogens (tertiary/aromatic N) is 1. The van der Waals surface area contributed by atoms with E-state index in [9.17, 15) is 13.2 Å².